The van der Waals surface area contributed by atoms with Gasteiger partial charge in [0.1, 0.15) is 18.2 Å². The Kier molecular flexibility index (Phi) is 5.90. The van der Waals surface area contributed by atoms with Crippen molar-refractivity contribution >= 4 is 29.1 Å². The Morgan fingerprint density at radius 1 is 1.23 bits per heavy atom. The van der Waals surface area contributed by atoms with Crippen LogP contribution < -0.4 is 10.1 Å². The lowest BCUT2D eigenvalue weighted by Crippen LogP contribution is -2.47. The number of fused-ring (bicyclic) bond motifs is 2. The molecule has 1 N–H and O–H groups in total. The molecule has 0 unspecified atom stereocenters. The van der Waals surface area contributed by atoms with Crippen molar-refractivity contribution in [3.63, 3.8) is 0 Å². The maximum Gasteiger partial charge on any atom is 0.256 e. The van der Waals surface area contributed by atoms with Crippen LogP contribution in [0.25, 0.3) is 0 Å². The summed E-state index contributed by atoms with van der Waals surface area (Å²) in [6.45, 7) is 2.57. The first kappa shape index (κ1) is 21.6. The normalized spacial score (nSPS) is 17.4. The van der Waals surface area contributed by atoms with Crippen LogP contribution in [0.5, 0.6) is 5.75 Å². The third kappa shape index (κ3) is 4.12. The van der Waals surface area contributed by atoms with E-state index in [1.165, 1.54) is 17.0 Å². The van der Waals surface area contributed by atoms with Gasteiger partial charge < -0.3 is 15.0 Å². The maximum absolute atomic E-state index is 14.2. The van der Waals surface area contributed by atoms with Gasteiger partial charge in [0.2, 0.25) is 5.91 Å². The van der Waals surface area contributed by atoms with Crippen molar-refractivity contribution in [1.82, 2.24) is 9.80 Å². The van der Waals surface area contributed by atoms with Gasteiger partial charge in [-0.25, -0.2) is 4.39 Å². The largest absolute Gasteiger partial charge is 0.492 e. The molecule has 6 nitrogen and oxygen atoms in total. The quantitative estimate of drug-likeness (QED) is 0.764. The smallest absolute Gasteiger partial charge is 0.256 e. The Hall–Kier alpha value is -2.64. The molecule has 0 bridgehead atoms. The van der Waals surface area contributed by atoms with E-state index in [2.05, 4.69) is 10.2 Å². The van der Waals surface area contributed by atoms with E-state index in [9.17, 15) is 14.0 Å². The Morgan fingerprint density at radius 2 is 1.97 bits per heavy atom. The molecule has 4 rings (SSSR count). The first-order valence-electron chi connectivity index (χ1n) is 10.3. The minimum Gasteiger partial charge on any atom is -0.492 e. The van der Waals surface area contributed by atoms with Crippen LogP contribution in [0.2, 0.25) is 5.02 Å². The number of hydrogen-bond donors (Lipinski definition) is 1. The van der Waals surface area contributed by atoms with Gasteiger partial charge in [0.25, 0.3) is 5.91 Å². The van der Waals surface area contributed by atoms with Gasteiger partial charge in [0.05, 0.1) is 11.0 Å². The minimum absolute atomic E-state index is 0.0221. The molecule has 1 saturated heterocycles. The number of benzene rings is 2. The van der Waals surface area contributed by atoms with Crippen LogP contribution in [0.3, 0.4) is 0 Å². The summed E-state index contributed by atoms with van der Waals surface area (Å²) in [5, 5.41) is 3.62. The van der Waals surface area contributed by atoms with Crippen LogP contribution in [-0.2, 0) is 10.2 Å². The number of anilines is 1. The van der Waals surface area contributed by atoms with E-state index in [1.54, 1.807) is 26.2 Å². The second-order valence-corrected chi connectivity index (χ2v) is 8.69. The molecule has 2 aromatic carbocycles. The van der Waals surface area contributed by atoms with E-state index in [1.807, 2.05) is 12.1 Å². The minimum atomic E-state index is -0.597. The molecule has 2 aliphatic heterocycles. The highest BCUT2D eigenvalue weighted by Crippen LogP contribution is 2.45. The molecule has 0 radical (unpaired) electrons. The zero-order valence-electron chi connectivity index (χ0n) is 17.6. The average molecular weight is 446 g/mol. The molecule has 1 spiro atoms. The third-order valence-corrected chi connectivity index (χ3v) is 6.38. The van der Waals surface area contributed by atoms with E-state index in [-0.39, 0.29) is 17.4 Å². The highest BCUT2D eigenvalue weighted by molar-refractivity contribution is 6.31. The summed E-state index contributed by atoms with van der Waals surface area (Å²) in [5.74, 6) is -0.547. The molecule has 0 aromatic heterocycles. The lowest BCUT2D eigenvalue weighted by molar-refractivity contribution is -0.122. The van der Waals surface area contributed by atoms with Crippen LogP contribution in [0.4, 0.5) is 10.1 Å². The van der Waals surface area contributed by atoms with Crippen LogP contribution in [0.1, 0.15) is 28.8 Å². The second-order valence-electron chi connectivity index (χ2n) is 8.26. The van der Waals surface area contributed by atoms with Crippen molar-refractivity contribution in [3.8, 4) is 5.75 Å². The zero-order chi connectivity index (χ0) is 22.2. The summed E-state index contributed by atoms with van der Waals surface area (Å²) in [7, 11) is 3.16. The lowest BCUT2D eigenvalue weighted by Gasteiger charge is -2.38. The lowest BCUT2D eigenvalue weighted by atomic mass is 9.73. The van der Waals surface area contributed by atoms with E-state index >= 15 is 0 Å². The molecule has 2 heterocycles. The van der Waals surface area contributed by atoms with Crippen LogP contribution in [-0.4, -0.2) is 62.0 Å². The number of nitrogens with zero attached hydrogens (tertiary/aromatic N) is 2. The van der Waals surface area contributed by atoms with Gasteiger partial charge in [-0.05, 0) is 61.8 Å². The molecule has 8 heteroatoms. The van der Waals surface area contributed by atoms with Crippen molar-refractivity contribution in [2.45, 2.75) is 18.3 Å². The molecule has 2 amide bonds. The Labute approximate surface area is 185 Å². The Balaban J connectivity index is 1.32. The van der Waals surface area contributed by atoms with Crippen molar-refractivity contribution in [2.75, 3.05) is 45.7 Å². The number of hydrogen-bond acceptors (Lipinski definition) is 4. The molecule has 2 aliphatic rings. The number of likely N-dealkylation sites (tertiary alicyclic amines) is 1. The van der Waals surface area contributed by atoms with Crippen molar-refractivity contribution in [2.24, 2.45) is 0 Å². The van der Waals surface area contributed by atoms with Gasteiger partial charge in [-0.3, -0.25) is 14.5 Å². The van der Waals surface area contributed by atoms with E-state index in [4.69, 9.17) is 16.3 Å². The van der Waals surface area contributed by atoms with Crippen molar-refractivity contribution in [1.29, 1.82) is 0 Å². The summed E-state index contributed by atoms with van der Waals surface area (Å²) in [5.41, 5.74) is 1.34. The molecule has 31 heavy (non-hydrogen) atoms. The predicted octanol–water partition coefficient (Wildman–Crippen LogP) is 3.55. The number of halogens is 2. The number of carbonyl (C=O) groups is 2. The number of piperidine rings is 1. The third-order valence-electron chi connectivity index (χ3n) is 6.14. The SMILES string of the molecule is CN(C)C(=O)c1ccc(OCCN2CCC3(CC2)C(=O)Nc2ccc(Cl)cc23)cc1F. The van der Waals surface area contributed by atoms with Crippen LogP contribution >= 0.6 is 11.6 Å². The summed E-state index contributed by atoms with van der Waals surface area (Å²) < 4.78 is 19.9. The Morgan fingerprint density at radius 3 is 2.65 bits per heavy atom. The Bertz CT molecular complexity index is 1020. The van der Waals surface area contributed by atoms with Crippen molar-refractivity contribution < 1.29 is 18.7 Å². The molecule has 0 saturated carbocycles. The maximum atomic E-state index is 14.2. The topological polar surface area (TPSA) is 61.9 Å². The number of amides is 2. The average Bonchev–Trinajstić information content (AvgIpc) is 3.00. The first-order valence-corrected chi connectivity index (χ1v) is 10.7. The highest BCUT2D eigenvalue weighted by atomic mass is 35.5. The standard InChI is InChI=1S/C23H25ClFN3O3/c1-27(2)21(29)17-5-4-16(14-19(17)25)31-12-11-28-9-7-23(8-10-28)18-13-15(24)3-6-20(18)26-22(23)30/h3-6,13-14H,7-12H2,1-2H3,(H,26,30). The first-order chi connectivity index (χ1) is 14.8. The van der Waals surface area contributed by atoms with Crippen molar-refractivity contribution in [3.05, 3.63) is 58.4 Å². The summed E-state index contributed by atoms with van der Waals surface area (Å²) >= 11 is 6.17. The van der Waals surface area contributed by atoms with E-state index in [0.717, 1.165) is 24.3 Å². The van der Waals surface area contributed by atoms with E-state index in [0.29, 0.717) is 36.8 Å². The number of rotatable bonds is 5. The highest BCUT2D eigenvalue weighted by Gasteiger charge is 2.48. The molecule has 0 atom stereocenters. The fraction of sp³-hybridized carbons (Fsp3) is 0.391. The summed E-state index contributed by atoms with van der Waals surface area (Å²) in [4.78, 5) is 28.2. The monoisotopic (exact) mass is 445 g/mol. The number of ether oxygens (including phenoxy) is 1. The zero-order valence-corrected chi connectivity index (χ0v) is 18.3. The van der Waals surface area contributed by atoms with Gasteiger partial charge in [-0.1, -0.05) is 11.6 Å². The number of carbonyl (C=O) groups excluding carboxylic acids is 2. The van der Waals surface area contributed by atoms with Gasteiger partial charge in [0, 0.05) is 37.4 Å². The molecule has 1 fully saturated rings. The molecule has 164 valence electrons. The molecule has 0 aliphatic carbocycles. The predicted molar refractivity (Wildman–Crippen MR) is 117 cm³/mol. The van der Waals surface area contributed by atoms with Gasteiger partial charge in [-0.2, -0.15) is 0 Å². The summed E-state index contributed by atoms with van der Waals surface area (Å²) in [6, 6.07) is 9.84. The van der Waals surface area contributed by atoms with Gasteiger partial charge in [-0.15, -0.1) is 0 Å². The fourth-order valence-electron chi connectivity index (χ4n) is 4.33. The van der Waals surface area contributed by atoms with Crippen LogP contribution in [0.15, 0.2) is 36.4 Å². The summed E-state index contributed by atoms with van der Waals surface area (Å²) in [6.07, 6.45) is 1.42. The van der Waals surface area contributed by atoms with E-state index < -0.39 is 11.2 Å². The van der Waals surface area contributed by atoms with Gasteiger partial charge >= 0.3 is 0 Å². The van der Waals surface area contributed by atoms with Gasteiger partial charge in [0.15, 0.2) is 0 Å². The second kappa shape index (κ2) is 8.48. The molecular formula is C23H25ClFN3O3. The molecular weight excluding hydrogens is 421 g/mol. The number of nitrogens with one attached hydrogen (secondary N) is 1. The van der Waals surface area contributed by atoms with Crippen LogP contribution in [0, 0.1) is 5.82 Å². The molecule has 2 aromatic rings. The fourth-order valence-corrected chi connectivity index (χ4v) is 4.51.